The third kappa shape index (κ3) is 4.61. The van der Waals surface area contributed by atoms with Gasteiger partial charge < -0.3 is 20.2 Å². The van der Waals surface area contributed by atoms with E-state index in [4.69, 9.17) is 0 Å². The van der Waals surface area contributed by atoms with Gasteiger partial charge in [-0.15, -0.1) is 0 Å². The molecule has 3 aromatic rings. The first-order valence-corrected chi connectivity index (χ1v) is 10.8. The number of nitrogens with zero attached hydrogens (tertiary/aromatic N) is 1. The molecule has 31 heavy (non-hydrogen) atoms. The third-order valence-corrected chi connectivity index (χ3v) is 6.28. The predicted octanol–water partition coefficient (Wildman–Crippen LogP) is 5.28. The molecular formula is C26H28FNO3. The summed E-state index contributed by atoms with van der Waals surface area (Å²) in [4.78, 5) is 2.21. The lowest BCUT2D eigenvalue weighted by Gasteiger charge is -2.31. The SMILES string of the molecule is CCN(CCc1ccc(O)c(F)c1)c1cc(O)ccc1C1CCc2cc(O)ccc2C1. The summed E-state index contributed by atoms with van der Waals surface area (Å²) in [6, 6.07) is 15.7. The van der Waals surface area contributed by atoms with Crippen molar-refractivity contribution in [2.75, 3.05) is 18.0 Å². The zero-order valence-electron chi connectivity index (χ0n) is 17.7. The fourth-order valence-corrected chi connectivity index (χ4v) is 4.58. The molecule has 0 amide bonds. The standard InChI is InChI=1S/C26H28FNO3/c1-2-28(12-11-17-3-10-26(31)24(27)13-17)25-16-22(30)8-9-23(25)20-5-4-19-15-21(29)7-6-18(19)14-20/h3,6-10,13,15-16,20,29-31H,2,4-5,11-12,14H2,1H3. The number of hydrogen-bond acceptors (Lipinski definition) is 4. The van der Waals surface area contributed by atoms with E-state index < -0.39 is 5.82 Å². The fourth-order valence-electron chi connectivity index (χ4n) is 4.58. The van der Waals surface area contributed by atoms with Crippen LogP contribution < -0.4 is 4.90 Å². The number of phenolic OH excluding ortho intramolecular Hbond substituents is 3. The highest BCUT2D eigenvalue weighted by atomic mass is 19.1. The van der Waals surface area contributed by atoms with E-state index in [9.17, 15) is 19.7 Å². The van der Waals surface area contributed by atoms with Crippen LogP contribution in [-0.4, -0.2) is 28.4 Å². The van der Waals surface area contributed by atoms with E-state index in [1.165, 1.54) is 28.8 Å². The number of likely N-dealkylation sites (N-methyl/N-ethyl adjacent to an activating group) is 1. The molecule has 1 aliphatic rings. The Bertz CT molecular complexity index is 1080. The summed E-state index contributed by atoms with van der Waals surface area (Å²) >= 11 is 0. The Morgan fingerprint density at radius 3 is 2.48 bits per heavy atom. The second kappa shape index (κ2) is 8.88. The second-order valence-corrected chi connectivity index (χ2v) is 8.25. The summed E-state index contributed by atoms with van der Waals surface area (Å²) in [6.07, 6.45) is 3.42. The van der Waals surface area contributed by atoms with Crippen molar-refractivity contribution in [3.63, 3.8) is 0 Å². The molecule has 0 bridgehead atoms. The summed E-state index contributed by atoms with van der Waals surface area (Å²) in [5, 5.41) is 29.4. The largest absolute Gasteiger partial charge is 0.508 e. The minimum Gasteiger partial charge on any atom is -0.508 e. The van der Waals surface area contributed by atoms with Crippen molar-refractivity contribution in [2.24, 2.45) is 0 Å². The van der Waals surface area contributed by atoms with Gasteiger partial charge in [0.1, 0.15) is 11.5 Å². The predicted molar refractivity (Wildman–Crippen MR) is 121 cm³/mol. The molecule has 5 heteroatoms. The number of aromatic hydroxyl groups is 3. The lowest BCUT2D eigenvalue weighted by Crippen LogP contribution is -2.27. The van der Waals surface area contributed by atoms with Gasteiger partial charge in [-0.2, -0.15) is 0 Å². The maximum Gasteiger partial charge on any atom is 0.165 e. The van der Waals surface area contributed by atoms with Crippen LogP contribution in [0.3, 0.4) is 0 Å². The van der Waals surface area contributed by atoms with Gasteiger partial charge in [-0.05, 0) is 91.1 Å². The van der Waals surface area contributed by atoms with Crippen LogP contribution in [-0.2, 0) is 19.3 Å². The summed E-state index contributed by atoms with van der Waals surface area (Å²) in [6.45, 7) is 3.51. The zero-order chi connectivity index (χ0) is 22.0. The van der Waals surface area contributed by atoms with Crippen molar-refractivity contribution in [3.8, 4) is 17.2 Å². The number of benzene rings is 3. The number of halogens is 1. The van der Waals surface area contributed by atoms with Gasteiger partial charge >= 0.3 is 0 Å². The molecule has 4 rings (SSSR count). The Balaban J connectivity index is 1.58. The summed E-state index contributed by atoms with van der Waals surface area (Å²) in [5.41, 5.74) is 5.50. The minimum atomic E-state index is -0.606. The van der Waals surface area contributed by atoms with Crippen LogP contribution in [0.25, 0.3) is 0 Å². The van der Waals surface area contributed by atoms with Crippen LogP contribution in [0.5, 0.6) is 17.2 Å². The van der Waals surface area contributed by atoms with Gasteiger partial charge in [0.25, 0.3) is 0 Å². The Morgan fingerprint density at radius 1 is 0.935 bits per heavy atom. The molecule has 1 aliphatic carbocycles. The Kier molecular flexibility index (Phi) is 6.03. The molecule has 0 spiro atoms. The maximum absolute atomic E-state index is 13.7. The van der Waals surface area contributed by atoms with Crippen LogP contribution in [0.4, 0.5) is 10.1 Å². The molecule has 3 aromatic carbocycles. The van der Waals surface area contributed by atoms with E-state index in [1.54, 1.807) is 18.2 Å². The molecule has 0 saturated carbocycles. The molecule has 1 atom stereocenters. The van der Waals surface area contributed by atoms with E-state index in [0.29, 0.717) is 24.6 Å². The summed E-state index contributed by atoms with van der Waals surface area (Å²) in [5.74, 6) is -0.0741. The van der Waals surface area contributed by atoms with Gasteiger partial charge in [0, 0.05) is 24.8 Å². The molecule has 3 N–H and O–H groups in total. The van der Waals surface area contributed by atoms with Gasteiger partial charge in [0.15, 0.2) is 11.6 Å². The van der Waals surface area contributed by atoms with E-state index >= 15 is 0 Å². The Morgan fingerprint density at radius 2 is 1.71 bits per heavy atom. The Hall–Kier alpha value is -3.21. The summed E-state index contributed by atoms with van der Waals surface area (Å²) < 4.78 is 13.7. The zero-order valence-corrected chi connectivity index (χ0v) is 17.7. The molecule has 0 saturated heterocycles. The first-order valence-electron chi connectivity index (χ1n) is 10.8. The smallest absolute Gasteiger partial charge is 0.165 e. The van der Waals surface area contributed by atoms with Crippen LogP contribution in [0.2, 0.25) is 0 Å². The van der Waals surface area contributed by atoms with E-state index in [1.807, 2.05) is 24.3 Å². The monoisotopic (exact) mass is 421 g/mol. The molecule has 1 unspecified atom stereocenters. The first kappa shape index (κ1) is 21.0. The molecule has 4 nitrogen and oxygen atoms in total. The van der Waals surface area contributed by atoms with Crippen molar-refractivity contribution < 1.29 is 19.7 Å². The van der Waals surface area contributed by atoms with Gasteiger partial charge in [-0.1, -0.05) is 18.2 Å². The average molecular weight is 422 g/mol. The number of fused-ring (bicyclic) bond motifs is 1. The van der Waals surface area contributed by atoms with Gasteiger partial charge in [0.2, 0.25) is 0 Å². The van der Waals surface area contributed by atoms with Gasteiger partial charge in [0.05, 0.1) is 0 Å². The number of hydrogen-bond donors (Lipinski definition) is 3. The van der Waals surface area contributed by atoms with Gasteiger partial charge in [-0.25, -0.2) is 4.39 Å². The van der Waals surface area contributed by atoms with E-state index in [-0.39, 0.29) is 11.5 Å². The molecule has 0 aromatic heterocycles. The van der Waals surface area contributed by atoms with E-state index in [2.05, 4.69) is 11.8 Å². The second-order valence-electron chi connectivity index (χ2n) is 8.25. The lowest BCUT2D eigenvalue weighted by molar-refractivity contribution is 0.432. The molecular weight excluding hydrogens is 393 g/mol. The van der Waals surface area contributed by atoms with Crippen molar-refractivity contribution in [2.45, 2.75) is 38.5 Å². The van der Waals surface area contributed by atoms with Crippen LogP contribution in [0.1, 0.15) is 41.5 Å². The van der Waals surface area contributed by atoms with Crippen molar-refractivity contribution in [3.05, 3.63) is 82.7 Å². The number of rotatable bonds is 6. The van der Waals surface area contributed by atoms with Crippen LogP contribution in [0.15, 0.2) is 54.6 Å². The highest BCUT2D eigenvalue weighted by molar-refractivity contribution is 5.59. The number of phenols is 3. The van der Waals surface area contributed by atoms with Crippen LogP contribution >= 0.6 is 0 Å². The average Bonchev–Trinajstić information content (AvgIpc) is 2.76. The lowest BCUT2D eigenvalue weighted by atomic mass is 9.79. The molecule has 0 fully saturated rings. The van der Waals surface area contributed by atoms with Crippen molar-refractivity contribution in [1.82, 2.24) is 0 Å². The third-order valence-electron chi connectivity index (χ3n) is 6.28. The van der Waals surface area contributed by atoms with Crippen LogP contribution in [0, 0.1) is 5.82 Å². The fraction of sp³-hybridized carbons (Fsp3) is 0.308. The quantitative estimate of drug-likeness (QED) is 0.506. The number of anilines is 1. The first-order chi connectivity index (χ1) is 14.9. The maximum atomic E-state index is 13.7. The molecule has 162 valence electrons. The molecule has 0 radical (unpaired) electrons. The Labute approximate surface area is 182 Å². The van der Waals surface area contributed by atoms with E-state index in [0.717, 1.165) is 37.1 Å². The summed E-state index contributed by atoms with van der Waals surface area (Å²) in [7, 11) is 0. The highest BCUT2D eigenvalue weighted by Crippen LogP contribution is 2.39. The van der Waals surface area contributed by atoms with Gasteiger partial charge in [-0.3, -0.25) is 0 Å². The highest BCUT2D eigenvalue weighted by Gasteiger charge is 2.24. The number of aryl methyl sites for hydroxylation is 1. The molecule has 0 aliphatic heterocycles. The molecule has 0 heterocycles. The normalized spacial score (nSPS) is 15.5. The van der Waals surface area contributed by atoms with Crippen molar-refractivity contribution in [1.29, 1.82) is 0 Å². The topological polar surface area (TPSA) is 63.9 Å². The minimum absolute atomic E-state index is 0.231. The van der Waals surface area contributed by atoms with Crippen molar-refractivity contribution >= 4 is 5.69 Å².